The Hall–Kier alpha value is -2.04. The second-order valence-electron chi connectivity index (χ2n) is 7.21. The van der Waals surface area contributed by atoms with Crippen LogP contribution in [0.1, 0.15) is 29.7 Å². The molecule has 27 heavy (non-hydrogen) atoms. The van der Waals surface area contributed by atoms with Crippen LogP contribution in [0.15, 0.2) is 48.5 Å². The summed E-state index contributed by atoms with van der Waals surface area (Å²) in [6.07, 6.45) is 0. The van der Waals surface area contributed by atoms with E-state index in [0.29, 0.717) is 12.5 Å². The number of benzene rings is 2. The molecule has 2 atom stereocenters. The first-order valence-electron chi connectivity index (χ1n) is 9.31. The zero-order valence-electron chi connectivity index (χ0n) is 16.2. The van der Waals surface area contributed by atoms with Gasteiger partial charge in [-0.25, -0.2) is 0 Å². The number of rotatable bonds is 7. The molecule has 0 aliphatic carbocycles. The summed E-state index contributed by atoms with van der Waals surface area (Å²) in [7, 11) is 0. The van der Waals surface area contributed by atoms with Crippen LogP contribution in [0.2, 0.25) is 0 Å². The molecule has 2 aromatic carbocycles. The molecule has 0 radical (unpaired) electrons. The lowest BCUT2D eigenvalue weighted by Gasteiger charge is -2.33. The van der Waals surface area contributed by atoms with E-state index in [1.807, 2.05) is 69.3 Å². The summed E-state index contributed by atoms with van der Waals surface area (Å²) in [5.74, 6) is 1.42. The molecular weight excluding hydrogens is 360 g/mol. The standard InChI is InChI=1S/C22H28N2O2.ClH/c1-15-8-7-9-16(2)21(15)26-14-20(18-10-5-4-6-11-18)24-22(25)17(3)19-12-23-13-19;/h4-11,17,19-20,23H,12-14H2,1-3H3,(H,24,25);1H. The maximum Gasteiger partial charge on any atom is 0.223 e. The lowest BCUT2D eigenvalue weighted by atomic mass is 9.88. The van der Waals surface area contributed by atoms with Gasteiger partial charge in [0.1, 0.15) is 12.4 Å². The molecule has 1 saturated heterocycles. The summed E-state index contributed by atoms with van der Waals surface area (Å²) in [6.45, 7) is 8.35. The highest BCUT2D eigenvalue weighted by molar-refractivity contribution is 5.85. The molecular formula is C22H29ClN2O2. The predicted molar refractivity (Wildman–Crippen MR) is 112 cm³/mol. The number of hydrogen-bond donors (Lipinski definition) is 2. The normalized spacial score (nSPS) is 15.8. The van der Waals surface area contributed by atoms with Crippen LogP contribution in [-0.4, -0.2) is 25.6 Å². The molecule has 3 rings (SSSR count). The molecule has 1 aliphatic heterocycles. The largest absolute Gasteiger partial charge is 0.491 e. The Morgan fingerprint density at radius 3 is 2.30 bits per heavy atom. The number of aryl methyl sites for hydroxylation is 2. The van der Waals surface area contributed by atoms with Crippen molar-refractivity contribution in [3.05, 3.63) is 65.2 Å². The number of carbonyl (C=O) groups is 1. The molecule has 0 bridgehead atoms. The Kier molecular flexibility index (Phi) is 7.69. The second-order valence-corrected chi connectivity index (χ2v) is 7.21. The topological polar surface area (TPSA) is 50.4 Å². The van der Waals surface area contributed by atoms with Crippen molar-refractivity contribution >= 4 is 18.3 Å². The molecule has 2 unspecified atom stereocenters. The number of amides is 1. The molecule has 146 valence electrons. The SMILES string of the molecule is Cc1cccc(C)c1OCC(NC(=O)C(C)C1CNC1)c1ccccc1.Cl. The number of nitrogens with one attached hydrogen (secondary N) is 2. The Morgan fingerprint density at radius 2 is 1.74 bits per heavy atom. The van der Waals surface area contributed by atoms with Gasteiger partial charge in [0.15, 0.2) is 0 Å². The van der Waals surface area contributed by atoms with E-state index in [1.54, 1.807) is 0 Å². The fourth-order valence-corrected chi connectivity index (χ4v) is 3.28. The molecule has 1 heterocycles. The van der Waals surface area contributed by atoms with Crippen LogP contribution in [-0.2, 0) is 4.79 Å². The Morgan fingerprint density at radius 1 is 1.11 bits per heavy atom. The van der Waals surface area contributed by atoms with E-state index < -0.39 is 0 Å². The van der Waals surface area contributed by atoms with Gasteiger partial charge in [0.25, 0.3) is 0 Å². The predicted octanol–water partition coefficient (Wildman–Crippen LogP) is 3.82. The van der Waals surface area contributed by atoms with Crippen LogP contribution in [0.3, 0.4) is 0 Å². The fourth-order valence-electron chi connectivity index (χ4n) is 3.28. The second kappa shape index (κ2) is 9.77. The van der Waals surface area contributed by atoms with Crippen molar-refractivity contribution < 1.29 is 9.53 Å². The van der Waals surface area contributed by atoms with E-state index >= 15 is 0 Å². The zero-order valence-corrected chi connectivity index (χ0v) is 17.0. The summed E-state index contributed by atoms with van der Waals surface area (Å²) < 4.78 is 6.14. The van der Waals surface area contributed by atoms with Crippen molar-refractivity contribution in [2.24, 2.45) is 11.8 Å². The van der Waals surface area contributed by atoms with Gasteiger partial charge < -0.3 is 15.4 Å². The van der Waals surface area contributed by atoms with Gasteiger partial charge in [0.05, 0.1) is 6.04 Å². The van der Waals surface area contributed by atoms with Crippen molar-refractivity contribution in [1.82, 2.24) is 10.6 Å². The number of ether oxygens (including phenoxy) is 1. The lowest BCUT2D eigenvalue weighted by Crippen LogP contribution is -2.50. The van der Waals surface area contributed by atoms with E-state index in [0.717, 1.165) is 35.5 Å². The molecule has 1 aliphatic rings. The lowest BCUT2D eigenvalue weighted by molar-refractivity contribution is -0.127. The molecule has 2 aromatic rings. The highest BCUT2D eigenvalue weighted by Gasteiger charge is 2.30. The maximum atomic E-state index is 12.7. The average molecular weight is 389 g/mol. The van der Waals surface area contributed by atoms with Gasteiger partial charge in [-0.05, 0) is 49.5 Å². The monoisotopic (exact) mass is 388 g/mol. The van der Waals surface area contributed by atoms with Gasteiger partial charge in [-0.2, -0.15) is 0 Å². The molecule has 0 aromatic heterocycles. The van der Waals surface area contributed by atoms with Crippen LogP contribution in [0.4, 0.5) is 0 Å². The Balaban J connectivity index is 0.00000261. The zero-order chi connectivity index (χ0) is 18.5. The van der Waals surface area contributed by atoms with Crippen LogP contribution in [0, 0.1) is 25.7 Å². The summed E-state index contributed by atoms with van der Waals surface area (Å²) >= 11 is 0. The molecule has 0 spiro atoms. The third-order valence-electron chi connectivity index (χ3n) is 5.26. The van der Waals surface area contributed by atoms with E-state index in [-0.39, 0.29) is 30.3 Å². The molecule has 5 heteroatoms. The van der Waals surface area contributed by atoms with Gasteiger partial charge in [-0.1, -0.05) is 55.5 Å². The van der Waals surface area contributed by atoms with E-state index in [9.17, 15) is 4.79 Å². The Bertz CT molecular complexity index is 727. The summed E-state index contributed by atoms with van der Waals surface area (Å²) in [5, 5.41) is 6.44. The van der Waals surface area contributed by atoms with E-state index in [4.69, 9.17) is 4.74 Å². The molecule has 1 fully saturated rings. The van der Waals surface area contributed by atoms with Crippen molar-refractivity contribution in [2.75, 3.05) is 19.7 Å². The van der Waals surface area contributed by atoms with Gasteiger partial charge in [0.2, 0.25) is 5.91 Å². The van der Waals surface area contributed by atoms with Gasteiger partial charge >= 0.3 is 0 Å². The minimum absolute atomic E-state index is 0. The van der Waals surface area contributed by atoms with Crippen molar-refractivity contribution in [2.45, 2.75) is 26.8 Å². The summed E-state index contributed by atoms with van der Waals surface area (Å²) in [4.78, 5) is 12.7. The summed E-state index contributed by atoms with van der Waals surface area (Å²) in [6, 6.07) is 16.0. The number of carbonyl (C=O) groups excluding carboxylic acids is 1. The smallest absolute Gasteiger partial charge is 0.223 e. The fraction of sp³-hybridized carbons (Fsp3) is 0.409. The van der Waals surface area contributed by atoms with Gasteiger partial charge in [-0.3, -0.25) is 4.79 Å². The van der Waals surface area contributed by atoms with Crippen molar-refractivity contribution in [3.8, 4) is 5.75 Å². The Labute approximate surface area is 168 Å². The van der Waals surface area contributed by atoms with E-state index in [1.165, 1.54) is 0 Å². The molecule has 0 saturated carbocycles. The highest BCUT2D eigenvalue weighted by atomic mass is 35.5. The first-order chi connectivity index (χ1) is 12.6. The van der Waals surface area contributed by atoms with Crippen molar-refractivity contribution in [3.63, 3.8) is 0 Å². The van der Waals surface area contributed by atoms with Gasteiger partial charge in [-0.15, -0.1) is 12.4 Å². The maximum absolute atomic E-state index is 12.7. The molecule has 4 nitrogen and oxygen atoms in total. The molecule has 1 amide bonds. The number of para-hydroxylation sites is 1. The van der Waals surface area contributed by atoms with Crippen LogP contribution in [0.25, 0.3) is 0 Å². The molecule has 2 N–H and O–H groups in total. The first-order valence-corrected chi connectivity index (χ1v) is 9.31. The minimum atomic E-state index is -0.168. The third kappa shape index (κ3) is 5.24. The first kappa shape index (κ1) is 21.3. The third-order valence-corrected chi connectivity index (χ3v) is 5.26. The quantitative estimate of drug-likeness (QED) is 0.758. The van der Waals surface area contributed by atoms with E-state index in [2.05, 4.69) is 10.6 Å². The minimum Gasteiger partial charge on any atom is -0.491 e. The van der Waals surface area contributed by atoms with Crippen molar-refractivity contribution in [1.29, 1.82) is 0 Å². The number of hydrogen-bond acceptors (Lipinski definition) is 3. The van der Waals surface area contributed by atoms with Crippen LogP contribution < -0.4 is 15.4 Å². The average Bonchev–Trinajstić information content (AvgIpc) is 2.59. The van der Waals surface area contributed by atoms with Crippen LogP contribution >= 0.6 is 12.4 Å². The highest BCUT2D eigenvalue weighted by Crippen LogP contribution is 2.25. The van der Waals surface area contributed by atoms with Crippen LogP contribution in [0.5, 0.6) is 5.75 Å². The summed E-state index contributed by atoms with van der Waals surface area (Å²) in [5.41, 5.74) is 3.28. The van der Waals surface area contributed by atoms with Gasteiger partial charge in [0, 0.05) is 5.92 Å². The number of halogens is 1.